The minimum Gasteiger partial charge on any atom is -0.432 e. The molecule has 0 saturated heterocycles. The first-order valence-corrected chi connectivity index (χ1v) is 7.09. The van der Waals surface area contributed by atoms with E-state index in [-0.39, 0.29) is 0 Å². The number of likely N-dealkylation sites (N-methyl/N-ethyl adjacent to an activating group) is 1. The van der Waals surface area contributed by atoms with Gasteiger partial charge in [0.25, 0.3) is 6.01 Å². The lowest BCUT2D eigenvalue weighted by atomic mass is 10.2. The van der Waals surface area contributed by atoms with Crippen molar-refractivity contribution < 1.29 is 4.42 Å². The topological polar surface area (TPSA) is 54.2 Å². The van der Waals surface area contributed by atoms with Gasteiger partial charge in [-0.15, -0.1) is 0 Å². The third-order valence-corrected chi connectivity index (χ3v) is 3.50. The molecule has 2 aromatic rings. The van der Waals surface area contributed by atoms with Crippen LogP contribution in [0.1, 0.15) is 24.1 Å². The molecule has 1 aliphatic carbocycles. The summed E-state index contributed by atoms with van der Waals surface area (Å²) >= 11 is 0. The Bertz CT molecular complexity index is 536. The zero-order valence-corrected chi connectivity index (χ0v) is 11.7. The highest BCUT2D eigenvalue weighted by molar-refractivity contribution is 5.26. The number of pyridine rings is 1. The minimum absolute atomic E-state index is 0.687. The van der Waals surface area contributed by atoms with Gasteiger partial charge in [-0.2, -0.15) is 4.98 Å². The van der Waals surface area contributed by atoms with Gasteiger partial charge in [0.2, 0.25) is 0 Å². The highest BCUT2D eigenvalue weighted by Crippen LogP contribution is 2.20. The zero-order valence-electron chi connectivity index (χ0n) is 11.7. The van der Waals surface area contributed by atoms with Crippen molar-refractivity contribution in [3.05, 3.63) is 42.0 Å². The van der Waals surface area contributed by atoms with Crippen LogP contribution in [0, 0.1) is 0 Å². The fourth-order valence-electron chi connectivity index (χ4n) is 2.03. The predicted octanol–water partition coefficient (Wildman–Crippen LogP) is 2.00. The molecule has 1 saturated carbocycles. The second-order valence-corrected chi connectivity index (χ2v) is 5.30. The van der Waals surface area contributed by atoms with Crippen LogP contribution in [-0.4, -0.2) is 29.6 Å². The number of hydrogen-bond donors (Lipinski definition) is 1. The predicted molar refractivity (Wildman–Crippen MR) is 77.6 cm³/mol. The number of nitrogens with zero attached hydrogens (tertiary/aromatic N) is 3. The Morgan fingerprint density at radius 3 is 2.90 bits per heavy atom. The number of anilines is 1. The van der Waals surface area contributed by atoms with Gasteiger partial charge in [-0.1, -0.05) is 0 Å². The fourth-order valence-corrected chi connectivity index (χ4v) is 2.03. The van der Waals surface area contributed by atoms with Crippen molar-refractivity contribution in [1.29, 1.82) is 0 Å². The summed E-state index contributed by atoms with van der Waals surface area (Å²) in [6.45, 7) is 1.67. The van der Waals surface area contributed by atoms with Crippen LogP contribution in [0.25, 0.3) is 0 Å². The van der Waals surface area contributed by atoms with Crippen molar-refractivity contribution in [3.8, 4) is 0 Å². The monoisotopic (exact) mass is 272 g/mol. The Morgan fingerprint density at radius 1 is 1.35 bits per heavy atom. The third-order valence-electron chi connectivity index (χ3n) is 3.50. The highest BCUT2D eigenvalue weighted by Gasteiger charge is 2.20. The maximum atomic E-state index is 5.53. The molecule has 0 aromatic carbocycles. The molecule has 0 aliphatic heterocycles. The molecule has 0 radical (unpaired) electrons. The average molecular weight is 272 g/mol. The molecule has 2 aromatic heterocycles. The molecule has 2 heterocycles. The van der Waals surface area contributed by atoms with E-state index >= 15 is 0 Å². The van der Waals surface area contributed by atoms with Crippen molar-refractivity contribution in [1.82, 2.24) is 15.3 Å². The molecule has 5 heteroatoms. The Labute approximate surface area is 119 Å². The van der Waals surface area contributed by atoms with E-state index in [0.29, 0.717) is 12.1 Å². The van der Waals surface area contributed by atoms with Gasteiger partial charge in [0.15, 0.2) is 0 Å². The Kier molecular flexibility index (Phi) is 3.97. The first-order chi connectivity index (χ1) is 9.81. The molecule has 5 nitrogen and oxygen atoms in total. The molecule has 1 N–H and O–H groups in total. The minimum atomic E-state index is 0.687. The fraction of sp³-hybridized carbons (Fsp3) is 0.467. The summed E-state index contributed by atoms with van der Waals surface area (Å²) in [4.78, 5) is 10.6. The second-order valence-electron chi connectivity index (χ2n) is 5.30. The molecular formula is C15H20N4O. The van der Waals surface area contributed by atoms with Gasteiger partial charge in [0.05, 0.1) is 5.69 Å². The van der Waals surface area contributed by atoms with Crippen LogP contribution in [0.5, 0.6) is 0 Å². The van der Waals surface area contributed by atoms with E-state index in [0.717, 1.165) is 25.2 Å². The summed E-state index contributed by atoms with van der Waals surface area (Å²) in [5, 5.41) is 3.44. The lowest BCUT2D eigenvalue weighted by Crippen LogP contribution is -2.21. The number of nitrogens with one attached hydrogen (secondary N) is 1. The van der Waals surface area contributed by atoms with Crippen LogP contribution in [0.4, 0.5) is 6.01 Å². The largest absolute Gasteiger partial charge is 0.432 e. The van der Waals surface area contributed by atoms with Gasteiger partial charge in [-0.05, 0) is 37.0 Å². The van der Waals surface area contributed by atoms with E-state index in [9.17, 15) is 0 Å². The Morgan fingerprint density at radius 2 is 2.15 bits per heavy atom. The van der Waals surface area contributed by atoms with Crippen molar-refractivity contribution >= 4 is 6.01 Å². The molecule has 1 aliphatic rings. The summed E-state index contributed by atoms with van der Waals surface area (Å²) in [5.41, 5.74) is 2.25. The first kappa shape index (κ1) is 13.1. The molecule has 1 fully saturated rings. The van der Waals surface area contributed by atoms with Gasteiger partial charge in [-0.25, -0.2) is 0 Å². The Hall–Kier alpha value is -1.88. The molecule has 0 bridgehead atoms. The maximum Gasteiger partial charge on any atom is 0.297 e. The highest BCUT2D eigenvalue weighted by atomic mass is 16.4. The van der Waals surface area contributed by atoms with Crippen LogP contribution in [0.3, 0.4) is 0 Å². The molecule has 0 atom stereocenters. The smallest absolute Gasteiger partial charge is 0.297 e. The summed E-state index contributed by atoms with van der Waals surface area (Å²) < 4.78 is 5.53. The summed E-state index contributed by atoms with van der Waals surface area (Å²) in [7, 11) is 2.01. The van der Waals surface area contributed by atoms with Gasteiger partial charge in [-0.3, -0.25) is 4.98 Å². The van der Waals surface area contributed by atoms with E-state index in [1.54, 1.807) is 6.26 Å². The van der Waals surface area contributed by atoms with Crippen LogP contribution in [0.2, 0.25) is 0 Å². The van der Waals surface area contributed by atoms with E-state index in [4.69, 9.17) is 4.42 Å². The molecule has 3 rings (SSSR count). The first-order valence-electron chi connectivity index (χ1n) is 7.09. The van der Waals surface area contributed by atoms with Gasteiger partial charge < -0.3 is 14.6 Å². The second kappa shape index (κ2) is 6.05. The van der Waals surface area contributed by atoms with Crippen molar-refractivity contribution in [2.75, 3.05) is 18.5 Å². The van der Waals surface area contributed by atoms with Crippen LogP contribution < -0.4 is 10.2 Å². The number of oxazole rings is 1. The molecule has 106 valence electrons. The molecular weight excluding hydrogens is 252 g/mol. The molecule has 0 unspecified atom stereocenters. The van der Waals surface area contributed by atoms with E-state index in [2.05, 4.69) is 15.3 Å². The Balaban J connectivity index is 1.49. The van der Waals surface area contributed by atoms with Gasteiger partial charge >= 0.3 is 0 Å². The summed E-state index contributed by atoms with van der Waals surface area (Å²) in [5.74, 6) is 0. The average Bonchev–Trinajstić information content (AvgIpc) is 3.20. The number of aromatic nitrogens is 2. The third kappa shape index (κ3) is 3.57. The van der Waals surface area contributed by atoms with Crippen molar-refractivity contribution in [3.63, 3.8) is 0 Å². The van der Waals surface area contributed by atoms with Crippen LogP contribution in [0.15, 0.2) is 35.2 Å². The van der Waals surface area contributed by atoms with Crippen LogP contribution in [-0.2, 0) is 13.0 Å². The maximum absolute atomic E-state index is 5.53. The van der Waals surface area contributed by atoms with E-state index < -0.39 is 0 Å². The molecule has 0 amide bonds. The van der Waals surface area contributed by atoms with Crippen LogP contribution >= 0.6 is 0 Å². The van der Waals surface area contributed by atoms with Crippen molar-refractivity contribution in [2.24, 2.45) is 0 Å². The van der Waals surface area contributed by atoms with E-state index in [1.165, 1.54) is 18.4 Å². The molecule has 20 heavy (non-hydrogen) atoms. The van der Waals surface area contributed by atoms with E-state index in [1.807, 2.05) is 36.5 Å². The summed E-state index contributed by atoms with van der Waals surface area (Å²) in [6, 6.07) is 5.45. The van der Waals surface area contributed by atoms with Crippen molar-refractivity contribution in [2.45, 2.75) is 31.8 Å². The standard InChI is InChI=1S/C15H20N4O/c1-19(9-6-12-4-7-16-8-5-12)15-18-14(11-20-15)10-17-13-2-3-13/h4-5,7-8,11,13,17H,2-3,6,9-10H2,1H3. The summed E-state index contributed by atoms with van der Waals surface area (Å²) in [6.07, 6.45) is 8.92. The quantitative estimate of drug-likeness (QED) is 0.835. The SMILES string of the molecule is CN(CCc1ccncc1)c1nc(CNC2CC2)co1. The normalized spacial score (nSPS) is 14.4. The lowest BCUT2D eigenvalue weighted by Gasteiger charge is -2.13. The molecule has 0 spiro atoms. The zero-order chi connectivity index (χ0) is 13.8. The number of hydrogen-bond acceptors (Lipinski definition) is 5. The lowest BCUT2D eigenvalue weighted by molar-refractivity contribution is 0.543. The van der Waals surface area contributed by atoms with Gasteiger partial charge in [0, 0.05) is 38.6 Å². The van der Waals surface area contributed by atoms with Gasteiger partial charge in [0.1, 0.15) is 6.26 Å². The number of rotatable bonds is 7.